The van der Waals surface area contributed by atoms with Gasteiger partial charge in [0.2, 0.25) is 0 Å². The van der Waals surface area contributed by atoms with E-state index in [9.17, 15) is 9.50 Å². The normalized spacial score (nSPS) is 13.3. The van der Waals surface area contributed by atoms with Crippen molar-refractivity contribution in [2.75, 3.05) is 0 Å². The van der Waals surface area contributed by atoms with E-state index in [1.54, 1.807) is 24.3 Å². The molecule has 0 fully saturated rings. The van der Waals surface area contributed by atoms with Crippen molar-refractivity contribution in [3.8, 4) is 0 Å². The molecule has 0 aliphatic rings. The third-order valence-electron chi connectivity index (χ3n) is 2.06. The predicted molar refractivity (Wildman–Crippen MR) is 59.8 cm³/mol. The fourth-order valence-electron chi connectivity index (χ4n) is 1.28. The summed E-state index contributed by atoms with van der Waals surface area (Å²) >= 11 is 0. The molecule has 0 aliphatic carbocycles. The summed E-state index contributed by atoms with van der Waals surface area (Å²) in [6, 6.07) is 6.11. The Morgan fingerprint density at radius 1 is 1.33 bits per heavy atom. The molecule has 0 saturated heterocycles. The van der Waals surface area contributed by atoms with Crippen molar-refractivity contribution in [2.45, 2.75) is 6.10 Å². The van der Waals surface area contributed by atoms with Crippen molar-refractivity contribution in [1.82, 2.24) is 0 Å². The van der Waals surface area contributed by atoms with Gasteiger partial charge in [-0.25, -0.2) is 4.39 Å². The van der Waals surface area contributed by atoms with Crippen molar-refractivity contribution >= 4 is 0 Å². The van der Waals surface area contributed by atoms with Gasteiger partial charge in [0, 0.05) is 5.56 Å². The van der Waals surface area contributed by atoms with Crippen LogP contribution in [0.3, 0.4) is 0 Å². The Morgan fingerprint density at radius 2 is 2.00 bits per heavy atom. The van der Waals surface area contributed by atoms with E-state index in [0.717, 1.165) is 0 Å². The summed E-state index contributed by atoms with van der Waals surface area (Å²) in [4.78, 5) is 0. The van der Waals surface area contributed by atoms with Gasteiger partial charge in [-0.15, -0.1) is 0 Å². The highest BCUT2D eigenvalue weighted by Gasteiger charge is 2.13. The number of rotatable bonds is 4. The van der Waals surface area contributed by atoms with Gasteiger partial charge in [0.25, 0.3) is 0 Å². The Labute approximate surface area is 88.9 Å². The van der Waals surface area contributed by atoms with E-state index < -0.39 is 11.9 Å². The van der Waals surface area contributed by atoms with Gasteiger partial charge in [0.15, 0.2) is 0 Å². The van der Waals surface area contributed by atoms with Crippen LogP contribution < -0.4 is 0 Å². The number of aliphatic hydroxyl groups is 1. The number of hydrogen-bond donors (Lipinski definition) is 1. The maximum absolute atomic E-state index is 13.3. The topological polar surface area (TPSA) is 20.2 Å². The molecule has 0 amide bonds. The average Bonchev–Trinajstić information content (AvgIpc) is 2.25. The van der Waals surface area contributed by atoms with Crippen LogP contribution in [0.4, 0.5) is 4.39 Å². The zero-order valence-electron chi connectivity index (χ0n) is 8.36. The lowest BCUT2D eigenvalue weighted by Crippen LogP contribution is -2.02. The zero-order chi connectivity index (χ0) is 11.3. The highest BCUT2D eigenvalue weighted by molar-refractivity contribution is 5.34. The van der Waals surface area contributed by atoms with Gasteiger partial charge in [-0.3, -0.25) is 0 Å². The van der Waals surface area contributed by atoms with Crippen LogP contribution >= 0.6 is 0 Å². The summed E-state index contributed by atoms with van der Waals surface area (Å²) in [7, 11) is 0. The Kier molecular flexibility index (Phi) is 4.01. The maximum Gasteiger partial charge on any atom is 0.129 e. The van der Waals surface area contributed by atoms with Crippen LogP contribution in [0.1, 0.15) is 11.7 Å². The first-order valence-corrected chi connectivity index (χ1v) is 4.58. The fraction of sp³-hybridized carbons (Fsp3) is 0.0769. The molecule has 1 aromatic rings. The molecule has 0 aliphatic heterocycles. The van der Waals surface area contributed by atoms with E-state index in [0.29, 0.717) is 5.57 Å². The molecule has 15 heavy (non-hydrogen) atoms. The first-order valence-electron chi connectivity index (χ1n) is 4.58. The summed E-state index contributed by atoms with van der Waals surface area (Å²) in [6.07, 6.45) is 3.62. The standard InChI is InChI=1S/C13H13FO/c1-3-7-10(4-2)13(15)11-8-5-6-9-12(11)14/h3-9,13,15H,1-2H2/b10-7+. The van der Waals surface area contributed by atoms with Crippen molar-refractivity contribution < 1.29 is 9.50 Å². The van der Waals surface area contributed by atoms with Crippen LogP contribution in [0.15, 0.2) is 61.2 Å². The molecule has 1 atom stereocenters. The molecule has 0 saturated carbocycles. The number of halogens is 1. The second kappa shape index (κ2) is 5.27. The van der Waals surface area contributed by atoms with E-state index in [1.807, 2.05) is 0 Å². The second-order valence-corrected chi connectivity index (χ2v) is 3.03. The number of benzene rings is 1. The van der Waals surface area contributed by atoms with Crippen LogP contribution in [0.2, 0.25) is 0 Å². The third-order valence-corrected chi connectivity index (χ3v) is 2.06. The lowest BCUT2D eigenvalue weighted by atomic mass is 10.0. The van der Waals surface area contributed by atoms with Crippen LogP contribution in [-0.2, 0) is 0 Å². The van der Waals surface area contributed by atoms with E-state index in [4.69, 9.17) is 0 Å². The fourth-order valence-corrected chi connectivity index (χ4v) is 1.28. The highest BCUT2D eigenvalue weighted by Crippen LogP contribution is 2.24. The highest BCUT2D eigenvalue weighted by atomic mass is 19.1. The monoisotopic (exact) mass is 204 g/mol. The van der Waals surface area contributed by atoms with Gasteiger partial charge in [0.05, 0.1) is 0 Å². The zero-order valence-corrected chi connectivity index (χ0v) is 8.36. The molecule has 0 radical (unpaired) electrons. The Morgan fingerprint density at radius 3 is 2.53 bits per heavy atom. The second-order valence-electron chi connectivity index (χ2n) is 3.03. The molecular weight excluding hydrogens is 191 g/mol. The van der Waals surface area contributed by atoms with Gasteiger partial charge >= 0.3 is 0 Å². The van der Waals surface area contributed by atoms with Crippen molar-refractivity contribution in [2.24, 2.45) is 0 Å². The molecule has 1 unspecified atom stereocenters. The van der Waals surface area contributed by atoms with E-state index in [-0.39, 0.29) is 5.56 Å². The number of hydrogen-bond acceptors (Lipinski definition) is 1. The summed E-state index contributed by atoms with van der Waals surface area (Å²) in [5.74, 6) is -0.429. The van der Waals surface area contributed by atoms with E-state index in [2.05, 4.69) is 13.2 Å². The van der Waals surface area contributed by atoms with Gasteiger partial charge in [-0.05, 0) is 11.6 Å². The molecule has 0 heterocycles. The van der Waals surface area contributed by atoms with Crippen molar-refractivity contribution in [3.63, 3.8) is 0 Å². The number of aliphatic hydroxyl groups excluding tert-OH is 1. The maximum atomic E-state index is 13.3. The van der Waals surface area contributed by atoms with Gasteiger partial charge < -0.3 is 5.11 Å². The van der Waals surface area contributed by atoms with Gasteiger partial charge in [-0.2, -0.15) is 0 Å². The minimum absolute atomic E-state index is 0.241. The molecule has 2 heteroatoms. The van der Waals surface area contributed by atoms with Crippen LogP contribution in [0.25, 0.3) is 0 Å². The molecule has 0 bridgehead atoms. The summed E-state index contributed by atoms with van der Waals surface area (Å²) < 4.78 is 13.3. The van der Waals surface area contributed by atoms with Crippen molar-refractivity contribution in [1.29, 1.82) is 0 Å². The molecule has 78 valence electrons. The largest absolute Gasteiger partial charge is 0.384 e. The Bertz CT molecular complexity index is 393. The lowest BCUT2D eigenvalue weighted by Gasteiger charge is -2.12. The summed E-state index contributed by atoms with van der Waals surface area (Å²) in [5.41, 5.74) is 0.764. The predicted octanol–water partition coefficient (Wildman–Crippen LogP) is 3.16. The molecular formula is C13H13FO. The van der Waals surface area contributed by atoms with Crippen LogP contribution in [0.5, 0.6) is 0 Å². The minimum Gasteiger partial charge on any atom is -0.384 e. The van der Waals surface area contributed by atoms with Crippen LogP contribution in [-0.4, -0.2) is 5.11 Å². The lowest BCUT2D eigenvalue weighted by molar-refractivity contribution is 0.214. The first kappa shape index (κ1) is 11.4. The van der Waals surface area contributed by atoms with E-state index >= 15 is 0 Å². The molecule has 1 N–H and O–H groups in total. The van der Waals surface area contributed by atoms with E-state index in [1.165, 1.54) is 18.2 Å². The summed E-state index contributed by atoms with van der Waals surface area (Å²) in [6.45, 7) is 7.08. The quantitative estimate of drug-likeness (QED) is 0.747. The summed E-state index contributed by atoms with van der Waals surface area (Å²) in [5, 5.41) is 9.86. The average molecular weight is 204 g/mol. The molecule has 1 aromatic carbocycles. The minimum atomic E-state index is -0.998. The van der Waals surface area contributed by atoms with Crippen molar-refractivity contribution in [3.05, 3.63) is 72.6 Å². The first-order chi connectivity index (χ1) is 7.20. The molecule has 0 spiro atoms. The van der Waals surface area contributed by atoms with Gasteiger partial charge in [0.1, 0.15) is 11.9 Å². The molecule has 1 rings (SSSR count). The molecule has 1 nitrogen and oxygen atoms in total. The van der Waals surface area contributed by atoms with Crippen LogP contribution in [0, 0.1) is 5.82 Å². The Balaban J connectivity index is 3.08. The third kappa shape index (κ3) is 2.64. The number of allylic oxidation sites excluding steroid dienone is 2. The van der Waals surface area contributed by atoms with Gasteiger partial charge in [-0.1, -0.05) is 49.6 Å². The molecule has 0 aromatic heterocycles. The Hall–Kier alpha value is -1.67. The SMILES string of the molecule is C=C/C=C(\C=C)C(O)c1ccccc1F. The smallest absolute Gasteiger partial charge is 0.129 e.